The maximum atomic E-state index is 11.9. The fourth-order valence-electron chi connectivity index (χ4n) is 1.95. The zero-order chi connectivity index (χ0) is 13.0. The van der Waals surface area contributed by atoms with Crippen molar-refractivity contribution in [2.45, 2.75) is 26.7 Å². The monoisotopic (exact) mass is 246 g/mol. The molecule has 1 aromatic heterocycles. The van der Waals surface area contributed by atoms with Crippen LogP contribution in [0.2, 0.25) is 0 Å². The van der Waals surface area contributed by atoms with Gasteiger partial charge < -0.3 is 9.15 Å². The van der Waals surface area contributed by atoms with Crippen molar-refractivity contribution in [2.75, 3.05) is 13.2 Å². The van der Waals surface area contributed by atoms with Gasteiger partial charge in [-0.3, -0.25) is 4.79 Å². The van der Waals surface area contributed by atoms with Crippen LogP contribution < -0.4 is 0 Å². The number of benzene rings is 1. The van der Waals surface area contributed by atoms with Crippen molar-refractivity contribution in [3.8, 4) is 0 Å². The van der Waals surface area contributed by atoms with Crippen molar-refractivity contribution >= 4 is 16.8 Å². The Morgan fingerprint density at radius 3 is 2.94 bits per heavy atom. The third kappa shape index (κ3) is 2.79. The van der Waals surface area contributed by atoms with Crippen LogP contribution in [-0.2, 0) is 4.74 Å². The predicted octanol–water partition coefficient (Wildman–Crippen LogP) is 3.74. The molecule has 2 rings (SSSR count). The van der Waals surface area contributed by atoms with Gasteiger partial charge in [-0.15, -0.1) is 0 Å². The second kappa shape index (κ2) is 5.83. The van der Waals surface area contributed by atoms with Crippen molar-refractivity contribution in [1.29, 1.82) is 0 Å². The highest BCUT2D eigenvalue weighted by Gasteiger charge is 2.12. The number of fused-ring (bicyclic) bond motifs is 1. The minimum absolute atomic E-state index is 0.0466. The van der Waals surface area contributed by atoms with Gasteiger partial charge in [-0.05, 0) is 31.9 Å². The van der Waals surface area contributed by atoms with Crippen LogP contribution in [0.15, 0.2) is 28.7 Å². The first kappa shape index (κ1) is 12.8. The van der Waals surface area contributed by atoms with E-state index in [4.69, 9.17) is 9.15 Å². The standard InChI is InChI=1S/C15H18O3/c1-3-17-9-5-8-13(16)14-10-12-7-4-6-11(2)15(12)18-14/h4,6-7,10H,3,5,8-9H2,1-2H3. The molecule has 0 atom stereocenters. The first-order chi connectivity index (χ1) is 8.72. The summed E-state index contributed by atoms with van der Waals surface area (Å²) < 4.78 is 10.8. The first-order valence-corrected chi connectivity index (χ1v) is 6.32. The topological polar surface area (TPSA) is 39.4 Å². The summed E-state index contributed by atoms with van der Waals surface area (Å²) >= 11 is 0. The maximum absolute atomic E-state index is 11.9. The molecular weight excluding hydrogens is 228 g/mol. The Balaban J connectivity index is 2.06. The lowest BCUT2D eigenvalue weighted by atomic mass is 10.1. The van der Waals surface area contributed by atoms with E-state index in [9.17, 15) is 4.79 Å². The van der Waals surface area contributed by atoms with Gasteiger partial charge in [0, 0.05) is 25.0 Å². The van der Waals surface area contributed by atoms with E-state index in [0.717, 1.165) is 23.0 Å². The molecule has 0 N–H and O–H groups in total. The van der Waals surface area contributed by atoms with Crippen LogP contribution >= 0.6 is 0 Å². The maximum Gasteiger partial charge on any atom is 0.198 e. The predicted molar refractivity (Wildman–Crippen MR) is 71.0 cm³/mol. The quantitative estimate of drug-likeness (QED) is 0.575. The number of carbonyl (C=O) groups excluding carboxylic acids is 1. The Labute approximate surface area is 107 Å². The van der Waals surface area contributed by atoms with Gasteiger partial charge in [0.1, 0.15) is 5.58 Å². The lowest BCUT2D eigenvalue weighted by molar-refractivity contribution is 0.0923. The van der Waals surface area contributed by atoms with Crippen molar-refractivity contribution < 1.29 is 13.9 Å². The summed E-state index contributed by atoms with van der Waals surface area (Å²) in [6.45, 7) is 5.25. The van der Waals surface area contributed by atoms with Crippen molar-refractivity contribution in [3.05, 3.63) is 35.6 Å². The second-order valence-corrected chi connectivity index (χ2v) is 4.33. The fourth-order valence-corrected chi connectivity index (χ4v) is 1.95. The highest BCUT2D eigenvalue weighted by atomic mass is 16.5. The third-order valence-electron chi connectivity index (χ3n) is 2.91. The molecule has 0 spiro atoms. The molecule has 0 unspecified atom stereocenters. The number of furan rings is 1. The summed E-state index contributed by atoms with van der Waals surface area (Å²) in [4.78, 5) is 11.9. The Morgan fingerprint density at radius 1 is 1.39 bits per heavy atom. The smallest absolute Gasteiger partial charge is 0.198 e. The van der Waals surface area contributed by atoms with Crippen LogP contribution in [0.5, 0.6) is 0 Å². The minimum atomic E-state index is 0.0466. The Bertz CT molecular complexity index is 540. The van der Waals surface area contributed by atoms with E-state index in [0.29, 0.717) is 25.4 Å². The van der Waals surface area contributed by atoms with E-state index < -0.39 is 0 Å². The third-order valence-corrected chi connectivity index (χ3v) is 2.91. The zero-order valence-corrected chi connectivity index (χ0v) is 10.9. The average Bonchev–Trinajstić information content (AvgIpc) is 2.80. The minimum Gasteiger partial charge on any atom is -0.453 e. The number of para-hydroxylation sites is 1. The Kier molecular flexibility index (Phi) is 4.15. The summed E-state index contributed by atoms with van der Waals surface area (Å²) in [6.07, 6.45) is 1.21. The molecule has 0 saturated heterocycles. The molecule has 0 radical (unpaired) electrons. The summed E-state index contributed by atoms with van der Waals surface area (Å²) in [5.74, 6) is 0.501. The van der Waals surface area contributed by atoms with Gasteiger partial charge in [0.15, 0.2) is 11.5 Å². The van der Waals surface area contributed by atoms with Gasteiger partial charge in [-0.25, -0.2) is 0 Å². The molecule has 1 heterocycles. The van der Waals surface area contributed by atoms with Gasteiger partial charge in [-0.1, -0.05) is 18.2 Å². The Morgan fingerprint density at radius 2 is 2.22 bits per heavy atom. The molecule has 0 aliphatic heterocycles. The largest absolute Gasteiger partial charge is 0.453 e. The number of aryl methyl sites for hydroxylation is 1. The van der Waals surface area contributed by atoms with Crippen LogP contribution in [0.4, 0.5) is 0 Å². The van der Waals surface area contributed by atoms with Crippen LogP contribution in [0.25, 0.3) is 11.0 Å². The fraction of sp³-hybridized carbons (Fsp3) is 0.400. The molecule has 0 amide bonds. The number of hydrogen-bond acceptors (Lipinski definition) is 3. The number of Topliss-reactive ketones (excluding diaryl/α,β-unsaturated/α-hetero) is 1. The van der Waals surface area contributed by atoms with E-state index >= 15 is 0 Å². The van der Waals surface area contributed by atoms with E-state index in [1.165, 1.54) is 0 Å². The van der Waals surface area contributed by atoms with E-state index in [-0.39, 0.29) is 5.78 Å². The van der Waals surface area contributed by atoms with Crippen molar-refractivity contribution in [1.82, 2.24) is 0 Å². The van der Waals surface area contributed by atoms with Gasteiger partial charge in [0.25, 0.3) is 0 Å². The number of carbonyl (C=O) groups is 1. The van der Waals surface area contributed by atoms with Crippen LogP contribution in [0, 0.1) is 6.92 Å². The van der Waals surface area contributed by atoms with E-state index in [1.54, 1.807) is 0 Å². The first-order valence-electron chi connectivity index (χ1n) is 6.32. The molecule has 3 heteroatoms. The summed E-state index contributed by atoms with van der Waals surface area (Å²) in [7, 11) is 0. The van der Waals surface area contributed by atoms with Gasteiger partial charge in [0.05, 0.1) is 0 Å². The molecular formula is C15H18O3. The number of ether oxygens (including phenoxy) is 1. The molecule has 0 aliphatic carbocycles. The van der Waals surface area contributed by atoms with Crippen LogP contribution in [0.3, 0.4) is 0 Å². The lowest BCUT2D eigenvalue weighted by Crippen LogP contribution is -2.00. The highest BCUT2D eigenvalue weighted by Crippen LogP contribution is 2.23. The molecule has 0 fully saturated rings. The number of ketones is 1. The Hall–Kier alpha value is -1.61. The average molecular weight is 246 g/mol. The SMILES string of the molecule is CCOCCCC(=O)c1cc2cccc(C)c2o1. The molecule has 0 aliphatic rings. The van der Waals surface area contributed by atoms with Crippen LogP contribution in [0.1, 0.15) is 35.9 Å². The number of rotatable bonds is 6. The molecule has 0 saturated carbocycles. The van der Waals surface area contributed by atoms with Crippen molar-refractivity contribution in [2.24, 2.45) is 0 Å². The second-order valence-electron chi connectivity index (χ2n) is 4.33. The van der Waals surface area contributed by atoms with Gasteiger partial charge in [-0.2, -0.15) is 0 Å². The molecule has 96 valence electrons. The molecule has 0 bridgehead atoms. The van der Waals surface area contributed by atoms with Gasteiger partial charge in [0.2, 0.25) is 0 Å². The molecule has 18 heavy (non-hydrogen) atoms. The summed E-state index contributed by atoms with van der Waals surface area (Å²) in [5.41, 5.74) is 1.87. The highest BCUT2D eigenvalue weighted by molar-refractivity contribution is 5.98. The zero-order valence-electron chi connectivity index (χ0n) is 10.9. The normalized spacial score (nSPS) is 11.0. The van der Waals surface area contributed by atoms with Crippen molar-refractivity contribution in [3.63, 3.8) is 0 Å². The molecule has 3 nitrogen and oxygen atoms in total. The summed E-state index contributed by atoms with van der Waals surface area (Å²) in [6, 6.07) is 7.74. The summed E-state index contributed by atoms with van der Waals surface area (Å²) in [5, 5.41) is 0.989. The van der Waals surface area contributed by atoms with E-state index in [1.807, 2.05) is 38.1 Å². The van der Waals surface area contributed by atoms with Gasteiger partial charge >= 0.3 is 0 Å². The number of hydrogen-bond donors (Lipinski definition) is 0. The van der Waals surface area contributed by atoms with Crippen LogP contribution in [-0.4, -0.2) is 19.0 Å². The molecule has 1 aromatic carbocycles. The molecule has 2 aromatic rings. The lowest BCUT2D eigenvalue weighted by Gasteiger charge is -1.99. The van der Waals surface area contributed by atoms with E-state index in [2.05, 4.69) is 0 Å².